The van der Waals surface area contributed by atoms with Crippen molar-refractivity contribution in [3.05, 3.63) is 46.9 Å². The second-order valence-corrected chi connectivity index (χ2v) is 4.15. The zero-order chi connectivity index (χ0) is 13.8. The van der Waals surface area contributed by atoms with Crippen LogP contribution in [0.3, 0.4) is 0 Å². The highest BCUT2D eigenvalue weighted by atomic mass is 19.1. The van der Waals surface area contributed by atoms with Crippen LogP contribution in [-0.4, -0.2) is 16.6 Å². The number of ether oxygens (including phenoxy) is 1. The molecular weight excluding hydrogens is 245 g/mol. The summed E-state index contributed by atoms with van der Waals surface area (Å²) < 4.78 is 19.2. The molecule has 2 aromatic rings. The maximum atomic E-state index is 13.7. The number of halogens is 1. The molecule has 0 radical (unpaired) electrons. The lowest BCUT2D eigenvalue weighted by atomic mass is 10.0. The molecule has 0 aliphatic heterocycles. The van der Waals surface area contributed by atoms with E-state index in [1.807, 2.05) is 13.8 Å². The molecule has 0 aliphatic rings. The van der Waals surface area contributed by atoms with Gasteiger partial charge in [-0.1, -0.05) is 18.2 Å². The molecule has 0 aliphatic carbocycles. The molecule has 5 heteroatoms. The van der Waals surface area contributed by atoms with Crippen molar-refractivity contribution in [3.8, 4) is 5.88 Å². The summed E-state index contributed by atoms with van der Waals surface area (Å²) in [6, 6.07) is 6.63. The van der Waals surface area contributed by atoms with Crippen molar-refractivity contribution in [2.45, 2.75) is 20.3 Å². The predicted molar refractivity (Wildman–Crippen MR) is 71.6 cm³/mol. The predicted octanol–water partition coefficient (Wildman–Crippen LogP) is 2.50. The van der Waals surface area contributed by atoms with Crippen molar-refractivity contribution in [1.29, 1.82) is 0 Å². The molecule has 100 valence electrons. The fraction of sp³-hybridized carbons (Fsp3) is 0.286. The molecule has 0 amide bonds. The molecule has 2 rings (SSSR count). The first-order valence-corrected chi connectivity index (χ1v) is 6.11. The molecule has 1 aromatic carbocycles. The van der Waals surface area contributed by atoms with E-state index in [2.05, 4.69) is 9.97 Å². The Morgan fingerprint density at radius 1 is 1.26 bits per heavy atom. The first kappa shape index (κ1) is 13.3. The SMILES string of the molecule is CCOc1nc(N)nc(C)c1Cc1ccccc1F. The van der Waals surface area contributed by atoms with Crippen LogP contribution in [0.15, 0.2) is 24.3 Å². The van der Waals surface area contributed by atoms with E-state index in [1.165, 1.54) is 6.07 Å². The molecule has 0 bridgehead atoms. The van der Waals surface area contributed by atoms with Gasteiger partial charge in [-0.25, -0.2) is 9.37 Å². The van der Waals surface area contributed by atoms with Crippen LogP contribution in [0.25, 0.3) is 0 Å². The van der Waals surface area contributed by atoms with Gasteiger partial charge in [0.05, 0.1) is 12.3 Å². The maximum Gasteiger partial charge on any atom is 0.223 e. The number of anilines is 1. The molecule has 0 saturated heterocycles. The Hall–Kier alpha value is -2.17. The zero-order valence-electron chi connectivity index (χ0n) is 11.0. The van der Waals surface area contributed by atoms with Crippen LogP contribution in [-0.2, 0) is 6.42 Å². The van der Waals surface area contributed by atoms with Crippen LogP contribution < -0.4 is 10.5 Å². The minimum atomic E-state index is -0.249. The topological polar surface area (TPSA) is 61.0 Å². The molecule has 2 N–H and O–H groups in total. The number of aryl methyl sites for hydroxylation is 1. The molecule has 0 spiro atoms. The fourth-order valence-corrected chi connectivity index (χ4v) is 1.88. The van der Waals surface area contributed by atoms with Gasteiger partial charge in [-0.3, -0.25) is 0 Å². The van der Waals surface area contributed by atoms with Gasteiger partial charge in [0.2, 0.25) is 11.8 Å². The lowest BCUT2D eigenvalue weighted by Crippen LogP contribution is -2.08. The number of nitrogens with two attached hydrogens (primary N) is 1. The Kier molecular flexibility index (Phi) is 3.94. The van der Waals surface area contributed by atoms with E-state index in [4.69, 9.17) is 10.5 Å². The smallest absolute Gasteiger partial charge is 0.223 e. The number of nitrogens with zero attached hydrogens (tertiary/aromatic N) is 2. The average molecular weight is 261 g/mol. The molecule has 1 heterocycles. The van der Waals surface area contributed by atoms with E-state index in [9.17, 15) is 4.39 Å². The van der Waals surface area contributed by atoms with Crippen molar-refractivity contribution in [2.24, 2.45) is 0 Å². The lowest BCUT2D eigenvalue weighted by Gasteiger charge is -2.12. The van der Waals surface area contributed by atoms with E-state index in [1.54, 1.807) is 18.2 Å². The Morgan fingerprint density at radius 3 is 2.68 bits per heavy atom. The Bertz CT molecular complexity index is 587. The first-order chi connectivity index (χ1) is 9.11. The average Bonchev–Trinajstić information content (AvgIpc) is 2.36. The summed E-state index contributed by atoms with van der Waals surface area (Å²) in [5.41, 5.74) is 7.66. The number of rotatable bonds is 4. The van der Waals surface area contributed by atoms with Crippen LogP contribution in [0, 0.1) is 12.7 Å². The standard InChI is InChI=1S/C14H16FN3O/c1-3-19-13-11(9(2)17-14(16)18-13)8-10-6-4-5-7-12(10)15/h4-7H,3,8H2,1-2H3,(H2,16,17,18). The molecule has 1 aromatic heterocycles. The van der Waals surface area contributed by atoms with Crippen LogP contribution in [0.2, 0.25) is 0 Å². The minimum absolute atomic E-state index is 0.165. The summed E-state index contributed by atoms with van der Waals surface area (Å²) in [6.07, 6.45) is 0.383. The van der Waals surface area contributed by atoms with E-state index >= 15 is 0 Å². The normalized spacial score (nSPS) is 10.5. The number of hydrogen-bond donors (Lipinski definition) is 1. The summed E-state index contributed by atoms with van der Waals surface area (Å²) in [7, 11) is 0. The summed E-state index contributed by atoms with van der Waals surface area (Å²) in [5, 5.41) is 0. The minimum Gasteiger partial charge on any atom is -0.478 e. The first-order valence-electron chi connectivity index (χ1n) is 6.11. The lowest BCUT2D eigenvalue weighted by molar-refractivity contribution is 0.323. The van der Waals surface area contributed by atoms with Crippen LogP contribution in [0.5, 0.6) is 5.88 Å². The van der Waals surface area contributed by atoms with Gasteiger partial charge in [0, 0.05) is 12.0 Å². The van der Waals surface area contributed by atoms with Gasteiger partial charge >= 0.3 is 0 Å². The van der Waals surface area contributed by atoms with E-state index in [0.717, 1.165) is 5.56 Å². The number of nitrogen functional groups attached to an aromatic ring is 1. The van der Waals surface area contributed by atoms with Crippen LogP contribution in [0.1, 0.15) is 23.7 Å². The molecular formula is C14H16FN3O. The highest BCUT2D eigenvalue weighted by molar-refractivity contribution is 5.39. The maximum absolute atomic E-state index is 13.7. The summed E-state index contributed by atoms with van der Waals surface area (Å²) in [6.45, 7) is 4.15. The number of benzene rings is 1. The Labute approximate surface area is 111 Å². The zero-order valence-corrected chi connectivity index (χ0v) is 11.0. The van der Waals surface area contributed by atoms with Gasteiger partial charge in [0.1, 0.15) is 5.82 Å². The summed E-state index contributed by atoms with van der Waals surface area (Å²) in [4.78, 5) is 8.18. The highest BCUT2D eigenvalue weighted by Gasteiger charge is 2.14. The number of hydrogen-bond acceptors (Lipinski definition) is 4. The van der Waals surface area contributed by atoms with E-state index in [0.29, 0.717) is 30.2 Å². The van der Waals surface area contributed by atoms with Crippen molar-refractivity contribution in [3.63, 3.8) is 0 Å². The van der Waals surface area contributed by atoms with Gasteiger partial charge in [0.15, 0.2) is 0 Å². The van der Waals surface area contributed by atoms with Gasteiger partial charge in [-0.2, -0.15) is 4.98 Å². The van der Waals surface area contributed by atoms with Crippen LogP contribution >= 0.6 is 0 Å². The third-order valence-electron chi connectivity index (χ3n) is 2.80. The van der Waals surface area contributed by atoms with Gasteiger partial charge in [0.25, 0.3) is 0 Å². The third-order valence-corrected chi connectivity index (χ3v) is 2.80. The third kappa shape index (κ3) is 2.99. The second-order valence-electron chi connectivity index (χ2n) is 4.15. The van der Waals surface area contributed by atoms with Gasteiger partial charge in [-0.05, 0) is 25.5 Å². The Balaban J connectivity index is 2.41. The molecule has 19 heavy (non-hydrogen) atoms. The van der Waals surface area contributed by atoms with Crippen LogP contribution in [0.4, 0.5) is 10.3 Å². The number of aromatic nitrogens is 2. The largest absolute Gasteiger partial charge is 0.478 e. The van der Waals surface area contributed by atoms with Gasteiger partial charge in [-0.15, -0.1) is 0 Å². The molecule has 4 nitrogen and oxygen atoms in total. The summed E-state index contributed by atoms with van der Waals surface area (Å²) >= 11 is 0. The fourth-order valence-electron chi connectivity index (χ4n) is 1.88. The molecule has 0 fully saturated rings. The molecule has 0 saturated carbocycles. The van der Waals surface area contributed by atoms with Crippen molar-refractivity contribution >= 4 is 5.95 Å². The van der Waals surface area contributed by atoms with E-state index in [-0.39, 0.29) is 11.8 Å². The van der Waals surface area contributed by atoms with E-state index < -0.39 is 0 Å². The van der Waals surface area contributed by atoms with Crippen molar-refractivity contribution < 1.29 is 9.13 Å². The quantitative estimate of drug-likeness (QED) is 0.918. The second kappa shape index (κ2) is 5.65. The highest BCUT2D eigenvalue weighted by Crippen LogP contribution is 2.24. The van der Waals surface area contributed by atoms with Crippen molar-refractivity contribution in [1.82, 2.24) is 9.97 Å². The molecule has 0 atom stereocenters. The monoisotopic (exact) mass is 261 g/mol. The Morgan fingerprint density at radius 2 is 2.00 bits per heavy atom. The molecule has 0 unspecified atom stereocenters. The van der Waals surface area contributed by atoms with Crippen molar-refractivity contribution in [2.75, 3.05) is 12.3 Å². The summed E-state index contributed by atoms with van der Waals surface area (Å²) in [5.74, 6) is 0.343. The van der Waals surface area contributed by atoms with Gasteiger partial charge < -0.3 is 10.5 Å².